The lowest BCUT2D eigenvalue weighted by Gasteiger charge is -2.24. The van der Waals surface area contributed by atoms with Crippen molar-refractivity contribution in [3.63, 3.8) is 0 Å². The van der Waals surface area contributed by atoms with Crippen LogP contribution in [0.5, 0.6) is 0 Å². The van der Waals surface area contributed by atoms with Gasteiger partial charge in [0.05, 0.1) is 17.6 Å². The Balaban J connectivity index is 1.54. The number of halogens is 3. The number of fused-ring (bicyclic) bond motifs is 1. The minimum atomic E-state index is -4.36. The van der Waals surface area contributed by atoms with Crippen molar-refractivity contribution in [3.8, 4) is 11.3 Å². The van der Waals surface area contributed by atoms with E-state index in [0.29, 0.717) is 29.1 Å². The molecule has 0 saturated carbocycles. The van der Waals surface area contributed by atoms with Gasteiger partial charge in [-0.2, -0.15) is 0 Å². The second kappa shape index (κ2) is 11.5. The van der Waals surface area contributed by atoms with Crippen LogP contribution in [0.3, 0.4) is 0 Å². The summed E-state index contributed by atoms with van der Waals surface area (Å²) in [4.78, 5) is 8.69. The highest BCUT2D eigenvalue weighted by molar-refractivity contribution is 7.92. The van der Waals surface area contributed by atoms with Crippen LogP contribution in [-0.4, -0.2) is 42.0 Å². The summed E-state index contributed by atoms with van der Waals surface area (Å²) in [6.07, 6.45) is 6.16. The van der Waals surface area contributed by atoms with Gasteiger partial charge in [-0.05, 0) is 49.1 Å². The van der Waals surface area contributed by atoms with Crippen molar-refractivity contribution < 1.29 is 21.6 Å². The molecule has 8 nitrogen and oxygen atoms in total. The Morgan fingerprint density at radius 1 is 1.15 bits per heavy atom. The van der Waals surface area contributed by atoms with Gasteiger partial charge in [0.25, 0.3) is 10.0 Å². The third-order valence-corrected chi connectivity index (χ3v) is 8.51. The van der Waals surface area contributed by atoms with Crippen molar-refractivity contribution in [2.45, 2.75) is 50.0 Å². The van der Waals surface area contributed by atoms with Gasteiger partial charge in [-0.25, -0.2) is 31.6 Å². The van der Waals surface area contributed by atoms with E-state index in [1.807, 2.05) is 18.2 Å². The lowest BCUT2D eigenvalue weighted by molar-refractivity contribution is 0.415. The van der Waals surface area contributed by atoms with Crippen molar-refractivity contribution in [1.29, 1.82) is 0 Å². The number of rotatable bonds is 9. The van der Waals surface area contributed by atoms with Crippen molar-refractivity contribution in [2.24, 2.45) is 0 Å². The molecule has 2 aromatic heterocycles. The zero-order chi connectivity index (χ0) is 29.3. The number of allylic oxidation sites excluding steroid dienone is 1. The summed E-state index contributed by atoms with van der Waals surface area (Å²) in [7, 11) is -4.36. The van der Waals surface area contributed by atoms with Crippen LogP contribution >= 0.6 is 0 Å². The maximum absolute atomic E-state index is 15.3. The van der Waals surface area contributed by atoms with Crippen LogP contribution in [0.15, 0.2) is 59.6 Å². The third kappa shape index (κ3) is 5.66. The Hall–Kier alpha value is -3.90. The Morgan fingerprint density at radius 3 is 2.59 bits per heavy atom. The smallest absolute Gasteiger partial charge is 0.264 e. The van der Waals surface area contributed by atoms with Gasteiger partial charge < -0.3 is 11.1 Å². The number of alkyl halides is 1. The molecule has 5 rings (SSSR count). The van der Waals surface area contributed by atoms with E-state index in [4.69, 9.17) is 10.7 Å². The van der Waals surface area contributed by atoms with Crippen LogP contribution in [-0.2, 0) is 10.0 Å². The molecule has 2 aromatic carbocycles. The first-order chi connectivity index (χ1) is 19.6. The summed E-state index contributed by atoms with van der Waals surface area (Å²) in [5.41, 5.74) is 9.21. The molecule has 41 heavy (non-hydrogen) atoms. The molecule has 1 aliphatic rings. The topological polar surface area (TPSA) is 114 Å². The fourth-order valence-corrected chi connectivity index (χ4v) is 6.25. The van der Waals surface area contributed by atoms with Crippen molar-refractivity contribution >= 4 is 32.6 Å². The van der Waals surface area contributed by atoms with Crippen LogP contribution in [0, 0.1) is 11.6 Å². The number of benzene rings is 2. The second-order valence-electron chi connectivity index (χ2n) is 10.3. The fourth-order valence-electron chi connectivity index (χ4n) is 5.10. The minimum absolute atomic E-state index is 0.0170. The lowest BCUT2D eigenvalue weighted by atomic mass is 9.93. The minimum Gasteiger partial charge on any atom is -0.382 e. The van der Waals surface area contributed by atoms with Gasteiger partial charge in [0.1, 0.15) is 46.1 Å². The average Bonchev–Trinajstić information content (AvgIpc) is 3.36. The first kappa shape index (κ1) is 28.6. The summed E-state index contributed by atoms with van der Waals surface area (Å²) < 4.78 is 71.5. The molecule has 0 amide bonds. The second-order valence-corrected chi connectivity index (χ2v) is 11.9. The normalized spacial score (nSPS) is 15.9. The highest BCUT2D eigenvalue weighted by Crippen LogP contribution is 2.36. The molecule has 0 radical (unpaired) electrons. The van der Waals surface area contributed by atoms with Crippen molar-refractivity contribution in [2.75, 3.05) is 23.7 Å². The molecule has 1 unspecified atom stereocenters. The first-order valence-electron chi connectivity index (χ1n) is 13.3. The summed E-state index contributed by atoms with van der Waals surface area (Å²) in [6, 6.07) is 9.03. The van der Waals surface area contributed by atoms with Crippen molar-refractivity contribution in [1.82, 2.24) is 19.7 Å². The molecule has 1 aliphatic carbocycles. The summed E-state index contributed by atoms with van der Waals surface area (Å²) in [6.45, 7) is 3.90. The van der Waals surface area contributed by atoms with E-state index in [0.717, 1.165) is 42.7 Å². The number of aromatic nitrogens is 3. The fraction of sp³-hybridized carbons (Fsp3) is 0.310. The Labute approximate surface area is 236 Å². The van der Waals surface area contributed by atoms with E-state index in [9.17, 15) is 17.2 Å². The Bertz CT molecular complexity index is 1740. The van der Waals surface area contributed by atoms with E-state index in [1.54, 1.807) is 6.20 Å². The maximum Gasteiger partial charge on any atom is 0.264 e. The number of imidazole rings is 1. The SMILES string of the molecule is CC(C)c1nc(-c2ccc(NS(=O)(=O)c3ccccc3F)c(F)c2)c2c(N)ncc(C3=CCC(NCCF)CC3)n12. The molecule has 0 aliphatic heterocycles. The largest absolute Gasteiger partial charge is 0.382 e. The molecule has 2 heterocycles. The number of anilines is 2. The van der Waals surface area contributed by atoms with Gasteiger partial charge in [0.15, 0.2) is 0 Å². The van der Waals surface area contributed by atoms with Crippen LogP contribution in [0.25, 0.3) is 22.3 Å². The molecule has 1 atom stereocenters. The van der Waals surface area contributed by atoms with E-state index >= 15 is 4.39 Å². The van der Waals surface area contributed by atoms with Crippen LogP contribution < -0.4 is 15.8 Å². The van der Waals surface area contributed by atoms with Gasteiger partial charge in [0.2, 0.25) is 0 Å². The molecule has 12 heteroatoms. The molecule has 0 fully saturated rings. The molecular formula is C29H31F3N6O2S. The lowest BCUT2D eigenvalue weighted by Crippen LogP contribution is -2.32. The number of nitrogens with two attached hydrogens (primary N) is 1. The number of hydrogen-bond acceptors (Lipinski definition) is 6. The number of nitrogen functional groups attached to an aromatic ring is 1. The van der Waals surface area contributed by atoms with E-state index < -0.39 is 33.2 Å². The van der Waals surface area contributed by atoms with E-state index in [2.05, 4.69) is 21.1 Å². The number of hydrogen-bond donors (Lipinski definition) is 3. The van der Waals surface area contributed by atoms with E-state index in [-0.39, 0.29) is 23.5 Å². The van der Waals surface area contributed by atoms with Gasteiger partial charge in [-0.15, -0.1) is 0 Å². The highest BCUT2D eigenvalue weighted by atomic mass is 32.2. The third-order valence-electron chi connectivity index (χ3n) is 7.11. The average molecular weight is 585 g/mol. The maximum atomic E-state index is 15.3. The van der Waals surface area contributed by atoms with Crippen LogP contribution in [0.1, 0.15) is 50.5 Å². The van der Waals surface area contributed by atoms with E-state index in [1.165, 1.54) is 30.3 Å². The first-order valence-corrected chi connectivity index (χ1v) is 14.8. The monoisotopic (exact) mass is 584 g/mol. The van der Waals surface area contributed by atoms with Gasteiger partial charge >= 0.3 is 0 Å². The molecule has 0 bridgehead atoms. The predicted octanol–water partition coefficient (Wildman–Crippen LogP) is 5.68. The highest BCUT2D eigenvalue weighted by Gasteiger charge is 2.25. The number of nitrogens with zero attached hydrogens (tertiary/aromatic N) is 3. The van der Waals surface area contributed by atoms with Crippen LogP contribution in [0.4, 0.5) is 24.7 Å². The number of nitrogens with one attached hydrogen (secondary N) is 2. The van der Waals surface area contributed by atoms with Gasteiger partial charge in [-0.1, -0.05) is 38.1 Å². The summed E-state index contributed by atoms with van der Waals surface area (Å²) in [5, 5.41) is 3.21. The molecule has 0 saturated heterocycles. The Morgan fingerprint density at radius 2 is 1.93 bits per heavy atom. The standard InChI is InChI=1S/C29H31F3N6O2S/c1-17(2)29-36-26(19-9-12-23(22(32)15-19)37-41(39,40)25-6-4-3-5-21(25)31)27-28(33)35-16-24(38(27)29)18-7-10-20(11-8-18)34-14-13-30/h3-7,9,12,15-17,20,34,37H,8,10-11,13-14H2,1-2H3,(H2,33,35). The van der Waals surface area contributed by atoms with Gasteiger partial charge in [0, 0.05) is 24.1 Å². The molecule has 216 valence electrons. The number of sulfonamides is 1. The Kier molecular flexibility index (Phi) is 8.05. The molecular weight excluding hydrogens is 553 g/mol. The predicted molar refractivity (Wildman–Crippen MR) is 154 cm³/mol. The zero-order valence-corrected chi connectivity index (χ0v) is 23.5. The quantitative estimate of drug-likeness (QED) is 0.233. The molecule has 4 aromatic rings. The zero-order valence-electron chi connectivity index (χ0n) is 22.7. The van der Waals surface area contributed by atoms with Crippen molar-refractivity contribution in [3.05, 3.63) is 77.9 Å². The molecule has 4 N–H and O–H groups in total. The summed E-state index contributed by atoms with van der Waals surface area (Å²) >= 11 is 0. The molecule has 0 spiro atoms. The van der Waals surface area contributed by atoms with Crippen LogP contribution in [0.2, 0.25) is 0 Å². The summed E-state index contributed by atoms with van der Waals surface area (Å²) in [5.74, 6) is -0.897. The van der Waals surface area contributed by atoms with Gasteiger partial charge in [-0.3, -0.25) is 9.12 Å².